The summed E-state index contributed by atoms with van der Waals surface area (Å²) < 4.78 is 50.0. The number of hydrogen-bond acceptors (Lipinski definition) is 6. The van der Waals surface area contributed by atoms with E-state index in [1.165, 1.54) is 12.1 Å². The first kappa shape index (κ1) is 15.2. The molecule has 0 bridgehead atoms. The zero-order valence-corrected chi connectivity index (χ0v) is 12.6. The molecule has 0 heterocycles. The van der Waals surface area contributed by atoms with Crippen molar-refractivity contribution in [2.24, 2.45) is 11.8 Å². The zero-order valence-electron chi connectivity index (χ0n) is 11.0. The second-order valence-electron chi connectivity index (χ2n) is 4.87. The van der Waals surface area contributed by atoms with Gasteiger partial charge < -0.3 is 5.43 Å². The number of nitrogens with one attached hydrogen (secondary N) is 2. The van der Waals surface area contributed by atoms with Crippen LogP contribution in [0.25, 0.3) is 0 Å². The minimum atomic E-state index is -3.80. The molecular weight excluding hydrogens is 302 g/mol. The summed E-state index contributed by atoms with van der Waals surface area (Å²) in [5.41, 5.74) is 2.42. The smallest absolute Gasteiger partial charge is 0.242 e. The van der Waals surface area contributed by atoms with E-state index in [2.05, 4.69) is 10.1 Å². The van der Waals surface area contributed by atoms with Crippen LogP contribution in [0.4, 0.5) is 5.69 Å². The topological polar surface area (TPSA) is 118 Å². The average Bonchev–Trinajstić information content (AvgIpc) is 3.18. The highest BCUT2D eigenvalue weighted by atomic mass is 32.2. The predicted molar refractivity (Wildman–Crippen MR) is 75.3 cm³/mol. The van der Waals surface area contributed by atoms with Crippen LogP contribution < -0.4 is 16.0 Å². The third-order valence-corrected chi connectivity index (χ3v) is 5.66. The van der Waals surface area contributed by atoms with Gasteiger partial charge in [-0.3, -0.25) is 5.84 Å². The number of hydrogen-bond donors (Lipinski definition) is 3. The Labute approximate surface area is 118 Å². The predicted octanol–water partition coefficient (Wildman–Crippen LogP) is 0.0640. The van der Waals surface area contributed by atoms with Gasteiger partial charge in [-0.1, -0.05) is 0 Å². The van der Waals surface area contributed by atoms with E-state index in [0.29, 0.717) is 12.5 Å². The number of rotatable bonds is 6. The molecule has 0 unspecified atom stereocenters. The standard InChI is InChI=1S/C11H17N3O4S2/c1-19(15,16)9-4-5-10(14-12)11(6-9)20(17,18)13-7-8-2-3-8/h4-6,8,13-14H,2-3,7,12H2,1H3. The molecular formula is C11H17N3O4S2. The maximum absolute atomic E-state index is 12.2. The monoisotopic (exact) mass is 319 g/mol. The highest BCUT2D eigenvalue weighted by Gasteiger charge is 2.26. The Morgan fingerprint density at radius 2 is 1.90 bits per heavy atom. The van der Waals surface area contributed by atoms with E-state index in [4.69, 9.17) is 5.84 Å². The summed E-state index contributed by atoms with van der Waals surface area (Å²) in [6.45, 7) is 0.357. The third kappa shape index (κ3) is 3.48. The maximum Gasteiger partial charge on any atom is 0.242 e. The van der Waals surface area contributed by atoms with Gasteiger partial charge in [-0.2, -0.15) is 0 Å². The van der Waals surface area contributed by atoms with Gasteiger partial charge in [0.15, 0.2) is 9.84 Å². The molecule has 1 fully saturated rings. The molecule has 9 heteroatoms. The van der Waals surface area contributed by atoms with Crippen LogP contribution >= 0.6 is 0 Å². The van der Waals surface area contributed by atoms with Crippen LogP contribution in [0.5, 0.6) is 0 Å². The SMILES string of the molecule is CS(=O)(=O)c1ccc(NN)c(S(=O)(=O)NCC2CC2)c1. The van der Waals surface area contributed by atoms with E-state index in [1.54, 1.807) is 0 Å². The Morgan fingerprint density at radius 1 is 1.25 bits per heavy atom. The van der Waals surface area contributed by atoms with Gasteiger partial charge in [-0.15, -0.1) is 0 Å². The van der Waals surface area contributed by atoms with Gasteiger partial charge in [-0.05, 0) is 37.0 Å². The molecule has 0 radical (unpaired) electrons. The van der Waals surface area contributed by atoms with Crippen LogP contribution in [0.1, 0.15) is 12.8 Å². The van der Waals surface area contributed by atoms with E-state index in [-0.39, 0.29) is 15.5 Å². The van der Waals surface area contributed by atoms with E-state index >= 15 is 0 Å². The number of benzene rings is 1. The molecule has 1 aliphatic rings. The second kappa shape index (κ2) is 5.32. The fraction of sp³-hybridized carbons (Fsp3) is 0.455. The van der Waals surface area contributed by atoms with Crippen molar-refractivity contribution in [3.63, 3.8) is 0 Å². The van der Waals surface area contributed by atoms with Crippen LogP contribution in [0, 0.1) is 5.92 Å². The third-order valence-electron chi connectivity index (χ3n) is 3.09. The molecule has 1 aromatic rings. The van der Waals surface area contributed by atoms with Crippen LogP contribution in [-0.2, 0) is 19.9 Å². The molecule has 1 aromatic carbocycles. The molecule has 0 saturated heterocycles. The number of nitrogen functional groups attached to an aromatic ring is 1. The largest absolute Gasteiger partial charge is 0.323 e. The molecule has 0 amide bonds. The summed E-state index contributed by atoms with van der Waals surface area (Å²) in [6.07, 6.45) is 3.04. The average molecular weight is 319 g/mol. The molecule has 0 aliphatic heterocycles. The zero-order chi connectivity index (χ0) is 15.0. The Morgan fingerprint density at radius 3 is 2.40 bits per heavy atom. The summed E-state index contributed by atoms with van der Waals surface area (Å²) in [4.78, 5) is -0.230. The fourth-order valence-corrected chi connectivity index (χ4v) is 3.73. The highest BCUT2D eigenvalue weighted by Crippen LogP contribution is 2.29. The Hall–Kier alpha value is -1.16. The van der Waals surface area contributed by atoms with Crippen molar-refractivity contribution in [1.82, 2.24) is 4.72 Å². The lowest BCUT2D eigenvalue weighted by molar-refractivity contribution is 0.577. The molecule has 0 atom stereocenters. The first-order chi connectivity index (χ1) is 9.24. The summed E-state index contributed by atoms with van der Waals surface area (Å²) in [7, 11) is -7.29. The first-order valence-electron chi connectivity index (χ1n) is 6.04. The van der Waals surface area contributed by atoms with Crippen molar-refractivity contribution < 1.29 is 16.8 Å². The number of sulfonamides is 1. The van der Waals surface area contributed by atoms with Gasteiger partial charge in [0.2, 0.25) is 10.0 Å². The molecule has 0 spiro atoms. The highest BCUT2D eigenvalue weighted by molar-refractivity contribution is 7.91. The van der Waals surface area contributed by atoms with Crippen molar-refractivity contribution in [3.8, 4) is 0 Å². The Kier molecular flexibility index (Phi) is 4.05. The number of hydrazine groups is 1. The lowest BCUT2D eigenvalue weighted by Gasteiger charge is -2.12. The maximum atomic E-state index is 12.2. The van der Waals surface area contributed by atoms with Crippen LogP contribution in [0.15, 0.2) is 28.0 Å². The molecule has 112 valence electrons. The van der Waals surface area contributed by atoms with Crippen LogP contribution in [-0.4, -0.2) is 29.6 Å². The van der Waals surface area contributed by atoms with Gasteiger partial charge in [0.25, 0.3) is 0 Å². The van der Waals surface area contributed by atoms with Gasteiger partial charge in [-0.25, -0.2) is 21.6 Å². The number of anilines is 1. The molecule has 2 rings (SSSR count). The van der Waals surface area contributed by atoms with Gasteiger partial charge in [0, 0.05) is 12.8 Å². The number of sulfone groups is 1. The fourth-order valence-electron chi connectivity index (χ4n) is 1.70. The van der Waals surface area contributed by atoms with E-state index in [1.807, 2.05) is 0 Å². The van der Waals surface area contributed by atoms with Crippen molar-refractivity contribution in [2.75, 3.05) is 18.2 Å². The molecule has 0 aromatic heterocycles. The van der Waals surface area contributed by atoms with E-state index < -0.39 is 19.9 Å². The van der Waals surface area contributed by atoms with Crippen molar-refractivity contribution >= 4 is 25.5 Å². The quantitative estimate of drug-likeness (QED) is 0.504. The lowest BCUT2D eigenvalue weighted by atomic mass is 10.3. The van der Waals surface area contributed by atoms with Crippen LogP contribution in [0.3, 0.4) is 0 Å². The summed E-state index contributed by atoms with van der Waals surface area (Å²) in [5, 5.41) is 0. The van der Waals surface area contributed by atoms with Crippen molar-refractivity contribution in [2.45, 2.75) is 22.6 Å². The van der Waals surface area contributed by atoms with E-state index in [0.717, 1.165) is 25.2 Å². The summed E-state index contributed by atoms with van der Waals surface area (Å²) >= 11 is 0. The Bertz CT molecular complexity index is 709. The van der Waals surface area contributed by atoms with Crippen molar-refractivity contribution in [3.05, 3.63) is 18.2 Å². The minimum Gasteiger partial charge on any atom is -0.323 e. The summed E-state index contributed by atoms with van der Waals surface area (Å²) in [6, 6.07) is 3.76. The first-order valence-corrected chi connectivity index (χ1v) is 9.42. The normalized spacial score (nSPS) is 16.1. The van der Waals surface area contributed by atoms with Gasteiger partial charge in [0.05, 0.1) is 10.6 Å². The Balaban J connectivity index is 2.41. The molecule has 4 N–H and O–H groups in total. The molecule has 1 saturated carbocycles. The molecule has 20 heavy (non-hydrogen) atoms. The summed E-state index contributed by atoms with van der Waals surface area (Å²) in [5.74, 6) is 5.66. The lowest BCUT2D eigenvalue weighted by Crippen LogP contribution is -2.27. The molecule has 7 nitrogen and oxygen atoms in total. The van der Waals surface area contributed by atoms with Gasteiger partial charge >= 0.3 is 0 Å². The number of nitrogens with two attached hydrogens (primary N) is 1. The van der Waals surface area contributed by atoms with Crippen LogP contribution in [0.2, 0.25) is 0 Å². The van der Waals surface area contributed by atoms with Gasteiger partial charge in [0.1, 0.15) is 4.90 Å². The minimum absolute atomic E-state index is 0.0664. The molecule has 1 aliphatic carbocycles. The van der Waals surface area contributed by atoms with Crippen molar-refractivity contribution in [1.29, 1.82) is 0 Å². The second-order valence-corrected chi connectivity index (χ2v) is 8.62. The van der Waals surface area contributed by atoms with E-state index in [9.17, 15) is 16.8 Å².